The van der Waals surface area contributed by atoms with E-state index in [0.717, 1.165) is 30.4 Å². The van der Waals surface area contributed by atoms with Crippen LogP contribution in [0.5, 0.6) is 0 Å². The summed E-state index contributed by atoms with van der Waals surface area (Å²) in [7, 11) is 0. The minimum Gasteiger partial charge on any atom is -0.328 e. The first-order valence-electron chi connectivity index (χ1n) is 8.67. The van der Waals surface area contributed by atoms with Crippen LogP contribution in [0.15, 0.2) is 72.8 Å². The van der Waals surface area contributed by atoms with Crippen LogP contribution in [0.25, 0.3) is 6.08 Å². The van der Waals surface area contributed by atoms with Crippen molar-refractivity contribution in [3.63, 3.8) is 0 Å². The zero-order valence-corrected chi connectivity index (χ0v) is 14.9. The van der Waals surface area contributed by atoms with Crippen molar-refractivity contribution in [2.75, 3.05) is 0 Å². The van der Waals surface area contributed by atoms with Crippen LogP contribution in [-0.2, 0) is 11.3 Å². The molecule has 0 saturated heterocycles. The third-order valence-corrected chi connectivity index (χ3v) is 4.65. The minimum atomic E-state index is 0.0374. The molecule has 0 radical (unpaired) electrons. The molecule has 0 bridgehead atoms. The predicted octanol–water partition coefficient (Wildman–Crippen LogP) is 5.49. The Labute approximate surface area is 154 Å². The summed E-state index contributed by atoms with van der Waals surface area (Å²) in [5, 5.41) is 0.696. The summed E-state index contributed by atoms with van der Waals surface area (Å²) in [5.41, 5.74) is 2.12. The first kappa shape index (κ1) is 17.5. The molecule has 2 aromatic rings. The summed E-state index contributed by atoms with van der Waals surface area (Å²) in [6.45, 7) is 0.625. The standard InChI is InChI=1S/C22H22ClNO/c23-20-14-11-18(12-15-20)13-16-22(25)24(21-9-5-2-6-10-21)17-19-7-3-1-4-8-19/h1,3-5,7-9,11-16,21H,2,6,10,17H2/b16-13+. The van der Waals surface area contributed by atoms with Crippen molar-refractivity contribution in [2.24, 2.45) is 0 Å². The Morgan fingerprint density at radius 2 is 1.88 bits per heavy atom. The van der Waals surface area contributed by atoms with Gasteiger partial charge in [0.2, 0.25) is 5.91 Å². The van der Waals surface area contributed by atoms with Crippen molar-refractivity contribution >= 4 is 23.6 Å². The van der Waals surface area contributed by atoms with E-state index in [0.29, 0.717) is 11.6 Å². The van der Waals surface area contributed by atoms with Gasteiger partial charge in [-0.05, 0) is 48.6 Å². The first-order valence-corrected chi connectivity index (χ1v) is 9.05. The fraction of sp³-hybridized carbons (Fsp3) is 0.227. The number of allylic oxidation sites excluding steroid dienone is 1. The van der Waals surface area contributed by atoms with Gasteiger partial charge in [0.05, 0.1) is 6.04 Å². The molecular formula is C22H22ClNO. The maximum absolute atomic E-state index is 12.9. The van der Waals surface area contributed by atoms with Crippen LogP contribution >= 0.6 is 11.6 Å². The molecular weight excluding hydrogens is 330 g/mol. The van der Waals surface area contributed by atoms with Gasteiger partial charge in [-0.2, -0.15) is 0 Å². The Morgan fingerprint density at radius 1 is 1.12 bits per heavy atom. The number of amides is 1. The SMILES string of the molecule is O=C(/C=C/c1ccc(Cl)cc1)N(Cc1ccccc1)C1C=CCCC1. The average molecular weight is 352 g/mol. The summed E-state index contributed by atoms with van der Waals surface area (Å²) in [6.07, 6.45) is 11.1. The van der Waals surface area contributed by atoms with Crippen LogP contribution in [0.1, 0.15) is 30.4 Å². The number of carbonyl (C=O) groups is 1. The van der Waals surface area contributed by atoms with Crippen LogP contribution in [0, 0.1) is 0 Å². The molecule has 0 aromatic heterocycles. The van der Waals surface area contributed by atoms with Gasteiger partial charge in [-0.1, -0.05) is 66.2 Å². The molecule has 0 fully saturated rings. The third kappa shape index (κ3) is 5.07. The maximum Gasteiger partial charge on any atom is 0.247 e. The molecule has 0 heterocycles. The summed E-state index contributed by atoms with van der Waals surface area (Å²) in [5.74, 6) is 0.0374. The lowest BCUT2D eigenvalue weighted by Crippen LogP contribution is -2.38. The van der Waals surface area contributed by atoms with Crippen LogP contribution in [0.2, 0.25) is 5.02 Å². The number of rotatable bonds is 5. The molecule has 25 heavy (non-hydrogen) atoms. The largest absolute Gasteiger partial charge is 0.328 e. The van der Waals surface area contributed by atoms with Gasteiger partial charge in [0, 0.05) is 17.6 Å². The molecule has 0 aliphatic heterocycles. The number of hydrogen-bond donors (Lipinski definition) is 0. The Bertz CT molecular complexity index is 749. The fourth-order valence-corrected chi connectivity index (χ4v) is 3.16. The van der Waals surface area contributed by atoms with E-state index in [2.05, 4.69) is 24.3 Å². The summed E-state index contributed by atoms with van der Waals surface area (Å²) < 4.78 is 0. The number of benzene rings is 2. The lowest BCUT2D eigenvalue weighted by atomic mass is 10.0. The zero-order valence-electron chi connectivity index (χ0n) is 14.1. The molecule has 1 amide bonds. The quantitative estimate of drug-likeness (QED) is 0.515. The topological polar surface area (TPSA) is 20.3 Å². The highest BCUT2D eigenvalue weighted by Gasteiger charge is 2.21. The predicted molar refractivity (Wildman–Crippen MR) is 104 cm³/mol. The van der Waals surface area contributed by atoms with Crippen molar-refractivity contribution in [1.29, 1.82) is 0 Å². The van der Waals surface area contributed by atoms with E-state index in [1.165, 1.54) is 0 Å². The zero-order chi connectivity index (χ0) is 17.5. The molecule has 1 aliphatic carbocycles. The van der Waals surface area contributed by atoms with Gasteiger partial charge in [0.1, 0.15) is 0 Å². The highest BCUT2D eigenvalue weighted by Crippen LogP contribution is 2.20. The van der Waals surface area contributed by atoms with Gasteiger partial charge >= 0.3 is 0 Å². The molecule has 0 spiro atoms. The van der Waals surface area contributed by atoms with Crippen LogP contribution in [0.4, 0.5) is 0 Å². The molecule has 1 aliphatic rings. The summed E-state index contributed by atoms with van der Waals surface area (Å²) in [6, 6.07) is 17.8. The van der Waals surface area contributed by atoms with Gasteiger partial charge in [-0.25, -0.2) is 0 Å². The van der Waals surface area contributed by atoms with Crippen molar-refractivity contribution in [2.45, 2.75) is 31.8 Å². The molecule has 1 unspecified atom stereocenters. The second kappa shape index (κ2) is 8.68. The number of carbonyl (C=O) groups excluding carboxylic acids is 1. The van der Waals surface area contributed by atoms with Crippen molar-refractivity contribution in [3.05, 3.63) is 89.0 Å². The molecule has 0 saturated carbocycles. The molecule has 3 heteroatoms. The fourth-order valence-electron chi connectivity index (χ4n) is 3.03. The lowest BCUT2D eigenvalue weighted by molar-refractivity contribution is -0.128. The molecule has 3 rings (SSSR count). The van der Waals surface area contributed by atoms with Gasteiger partial charge in [-0.3, -0.25) is 4.79 Å². The second-order valence-corrected chi connectivity index (χ2v) is 6.70. The maximum atomic E-state index is 12.9. The van der Waals surface area contributed by atoms with Gasteiger partial charge in [-0.15, -0.1) is 0 Å². The minimum absolute atomic E-state index is 0.0374. The molecule has 2 nitrogen and oxygen atoms in total. The Hall–Kier alpha value is -2.32. The molecule has 128 valence electrons. The van der Waals surface area contributed by atoms with E-state index in [1.807, 2.05) is 53.4 Å². The molecule has 2 aromatic carbocycles. The normalized spacial score (nSPS) is 16.9. The highest BCUT2D eigenvalue weighted by atomic mass is 35.5. The molecule has 0 N–H and O–H groups in total. The van der Waals surface area contributed by atoms with Crippen LogP contribution < -0.4 is 0 Å². The Morgan fingerprint density at radius 3 is 2.56 bits per heavy atom. The average Bonchev–Trinajstić information content (AvgIpc) is 2.67. The smallest absolute Gasteiger partial charge is 0.247 e. The number of halogens is 1. The van der Waals surface area contributed by atoms with Gasteiger partial charge in [0.25, 0.3) is 0 Å². The van der Waals surface area contributed by atoms with Crippen molar-refractivity contribution < 1.29 is 4.79 Å². The van der Waals surface area contributed by atoms with Crippen molar-refractivity contribution in [3.8, 4) is 0 Å². The van der Waals surface area contributed by atoms with E-state index in [9.17, 15) is 4.79 Å². The summed E-state index contributed by atoms with van der Waals surface area (Å²) >= 11 is 5.91. The number of hydrogen-bond acceptors (Lipinski definition) is 1. The monoisotopic (exact) mass is 351 g/mol. The third-order valence-electron chi connectivity index (χ3n) is 4.40. The van der Waals surface area contributed by atoms with E-state index in [-0.39, 0.29) is 11.9 Å². The number of nitrogens with zero attached hydrogens (tertiary/aromatic N) is 1. The second-order valence-electron chi connectivity index (χ2n) is 6.26. The first-order chi connectivity index (χ1) is 12.2. The van der Waals surface area contributed by atoms with E-state index in [4.69, 9.17) is 11.6 Å². The van der Waals surface area contributed by atoms with Gasteiger partial charge in [0.15, 0.2) is 0 Å². The lowest BCUT2D eigenvalue weighted by Gasteiger charge is -2.31. The highest BCUT2D eigenvalue weighted by molar-refractivity contribution is 6.30. The Kier molecular flexibility index (Phi) is 6.08. The van der Waals surface area contributed by atoms with Crippen molar-refractivity contribution in [1.82, 2.24) is 4.90 Å². The van der Waals surface area contributed by atoms with E-state index in [1.54, 1.807) is 6.08 Å². The van der Waals surface area contributed by atoms with Crippen LogP contribution in [-0.4, -0.2) is 16.8 Å². The van der Waals surface area contributed by atoms with Crippen LogP contribution in [0.3, 0.4) is 0 Å². The van der Waals surface area contributed by atoms with Gasteiger partial charge < -0.3 is 4.90 Å². The van der Waals surface area contributed by atoms with E-state index >= 15 is 0 Å². The van der Waals surface area contributed by atoms with E-state index < -0.39 is 0 Å². The molecule has 1 atom stereocenters. The summed E-state index contributed by atoms with van der Waals surface area (Å²) in [4.78, 5) is 14.8. The Balaban J connectivity index is 1.77.